The quantitative estimate of drug-likeness (QED) is 0.500. The van der Waals surface area contributed by atoms with E-state index in [0.29, 0.717) is 23.9 Å². The van der Waals surface area contributed by atoms with E-state index >= 15 is 0 Å². The number of esters is 1. The van der Waals surface area contributed by atoms with Gasteiger partial charge in [-0.25, -0.2) is 4.98 Å². The van der Waals surface area contributed by atoms with Gasteiger partial charge < -0.3 is 15.0 Å². The molecule has 1 atom stereocenters. The number of nitrogens with one attached hydrogen (secondary N) is 2. The SMILES string of the molecule is CCNC(=O)[C@H](C)OC(=O)CCSCc1nc2sc3c(c2c(=O)[nH]1)CCCC3. The molecule has 2 aromatic rings. The van der Waals surface area contributed by atoms with Crippen LogP contribution in [0.5, 0.6) is 0 Å². The maximum absolute atomic E-state index is 12.5. The van der Waals surface area contributed by atoms with Crippen molar-refractivity contribution in [2.24, 2.45) is 0 Å². The summed E-state index contributed by atoms with van der Waals surface area (Å²) in [5.41, 5.74) is 1.12. The van der Waals surface area contributed by atoms with Crippen LogP contribution in [0.4, 0.5) is 0 Å². The topological polar surface area (TPSA) is 101 Å². The second-order valence-corrected chi connectivity index (χ2v) is 8.92. The molecule has 0 spiro atoms. The summed E-state index contributed by atoms with van der Waals surface area (Å²) in [5.74, 6) is 0.979. The van der Waals surface area contributed by atoms with Gasteiger partial charge in [0.15, 0.2) is 6.10 Å². The summed E-state index contributed by atoms with van der Waals surface area (Å²) < 4.78 is 5.10. The second kappa shape index (κ2) is 9.56. The Morgan fingerprint density at radius 3 is 2.93 bits per heavy atom. The van der Waals surface area contributed by atoms with Gasteiger partial charge in [0.2, 0.25) is 0 Å². The van der Waals surface area contributed by atoms with E-state index in [4.69, 9.17) is 4.74 Å². The van der Waals surface area contributed by atoms with Crippen molar-refractivity contribution in [2.75, 3.05) is 12.3 Å². The number of rotatable bonds is 8. The van der Waals surface area contributed by atoms with Gasteiger partial charge in [0, 0.05) is 17.2 Å². The molecule has 152 valence electrons. The van der Waals surface area contributed by atoms with Crippen molar-refractivity contribution in [1.29, 1.82) is 0 Å². The van der Waals surface area contributed by atoms with E-state index in [0.717, 1.165) is 29.5 Å². The predicted molar refractivity (Wildman–Crippen MR) is 112 cm³/mol. The Morgan fingerprint density at radius 2 is 2.14 bits per heavy atom. The lowest BCUT2D eigenvalue weighted by atomic mass is 9.97. The third kappa shape index (κ3) is 4.94. The number of aromatic nitrogens is 2. The summed E-state index contributed by atoms with van der Waals surface area (Å²) in [5, 5.41) is 3.38. The molecule has 0 fully saturated rings. The molecule has 0 aliphatic heterocycles. The van der Waals surface area contributed by atoms with Crippen molar-refractivity contribution in [1.82, 2.24) is 15.3 Å². The van der Waals surface area contributed by atoms with Crippen LogP contribution in [0.2, 0.25) is 0 Å². The molecule has 1 aliphatic rings. The first-order valence-electron chi connectivity index (χ1n) is 9.58. The van der Waals surface area contributed by atoms with Crippen LogP contribution >= 0.6 is 23.1 Å². The second-order valence-electron chi connectivity index (χ2n) is 6.73. The number of H-pyrrole nitrogens is 1. The zero-order valence-electron chi connectivity index (χ0n) is 16.1. The molecule has 0 bridgehead atoms. The van der Waals surface area contributed by atoms with Crippen LogP contribution in [-0.4, -0.2) is 40.2 Å². The highest BCUT2D eigenvalue weighted by atomic mass is 32.2. The fraction of sp³-hybridized carbons (Fsp3) is 0.579. The molecule has 0 saturated carbocycles. The van der Waals surface area contributed by atoms with E-state index in [2.05, 4.69) is 15.3 Å². The summed E-state index contributed by atoms with van der Waals surface area (Å²) in [6, 6.07) is 0. The summed E-state index contributed by atoms with van der Waals surface area (Å²) >= 11 is 3.14. The number of carbonyl (C=O) groups is 2. The number of likely N-dealkylation sites (N-methyl/N-ethyl adjacent to an activating group) is 1. The van der Waals surface area contributed by atoms with Crippen LogP contribution in [0.3, 0.4) is 0 Å². The number of amides is 1. The largest absolute Gasteiger partial charge is 0.453 e. The third-order valence-corrected chi connectivity index (χ3v) is 6.75. The molecule has 0 unspecified atom stereocenters. The third-order valence-electron chi connectivity index (χ3n) is 4.59. The molecular weight excluding hydrogens is 398 g/mol. The van der Waals surface area contributed by atoms with Gasteiger partial charge in [-0.2, -0.15) is 11.8 Å². The van der Waals surface area contributed by atoms with Gasteiger partial charge in [-0.3, -0.25) is 14.4 Å². The van der Waals surface area contributed by atoms with Gasteiger partial charge in [-0.05, 0) is 45.1 Å². The highest BCUT2D eigenvalue weighted by molar-refractivity contribution is 7.98. The van der Waals surface area contributed by atoms with Crippen LogP contribution < -0.4 is 10.9 Å². The molecule has 2 heterocycles. The molecule has 0 saturated heterocycles. The van der Waals surface area contributed by atoms with Crippen molar-refractivity contribution < 1.29 is 14.3 Å². The van der Waals surface area contributed by atoms with Crippen molar-refractivity contribution in [3.8, 4) is 0 Å². The average Bonchev–Trinajstić information content (AvgIpc) is 3.04. The lowest BCUT2D eigenvalue weighted by Crippen LogP contribution is -2.35. The van der Waals surface area contributed by atoms with Crippen molar-refractivity contribution in [3.63, 3.8) is 0 Å². The fourth-order valence-corrected chi connectivity index (χ4v) is 5.30. The standard InChI is InChI=1S/C19H25N3O4S2/c1-3-20-17(24)11(2)26-15(23)8-9-27-10-14-21-18(25)16-12-6-4-5-7-13(12)28-19(16)22-14/h11H,3-10H2,1-2H3,(H,20,24)(H,21,22,25)/t11-/m0/s1. The Morgan fingerprint density at radius 1 is 1.36 bits per heavy atom. The normalized spacial score (nSPS) is 14.5. The minimum absolute atomic E-state index is 0.0600. The maximum Gasteiger partial charge on any atom is 0.307 e. The summed E-state index contributed by atoms with van der Waals surface area (Å²) in [4.78, 5) is 45.5. The Kier molecular flexibility index (Phi) is 7.12. The number of thioether (sulfide) groups is 1. The minimum Gasteiger partial charge on any atom is -0.453 e. The number of ether oxygens (including phenoxy) is 1. The molecule has 1 aliphatic carbocycles. The van der Waals surface area contributed by atoms with Crippen LogP contribution in [0.25, 0.3) is 10.2 Å². The number of hydrogen-bond donors (Lipinski definition) is 2. The number of thiophene rings is 1. The highest BCUT2D eigenvalue weighted by Gasteiger charge is 2.20. The molecule has 28 heavy (non-hydrogen) atoms. The first kappa shape index (κ1) is 20.9. The van der Waals surface area contributed by atoms with Gasteiger partial charge in [0.1, 0.15) is 10.7 Å². The van der Waals surface area contributed by atoms with E-state index < -0.39 is 12.1 Å². The van der Waals surface area contributed by atoms with Gasteiger partial charge in [-0.1, -0.05) is 0 Å². The zero-order chi connectivity index (χ0) is 20.1. The Labute approximate surface area is 171 Å². The molecular formula is C19H25N3O4S2. The molecule has 2 N–H and O–H groups in total. The summed E-state index contributed by atoms with van der Waals surface area (Å²) in [6.07, 6.45) is 3.72. The van der Waals surface area contributed by atoms with Gasteiger partial charge in [0.25, 0.3) is 11.5 Å². The van der Waals surface area contributed by atoms with Crippen molar-refractivity contribution in [2.45, 2.75) is 57.8 Å². The monoisotopic (exact) mass is 423 g/mol. The van der Waals surface area contributed by atoms with Gasteiger partial charge >= 0.3 is 5.97 Å². The first-order chi connectivity index (χ1) is 13.5. The predicted octanol–water partition coefficient (Wildman–Crippen LogP) is 2.55. The molecule has 3 rings (SSSR count). The number of aryl methyl sites for hydroxylation is 2. The fourth-order valence-electron chi connectivity index (χ4n) is 3.23. The van der Waals surface area contributed by atoms with Crippen LogP contribution in [-0.2, 0) is 32.9 Å². The molecule has 0 radical (unpaired) electrons. The van der Waals surface area contributed by atoms with Gasteiger partial charge in [0.05, 0.1) is 17.6 Å². The van der Waals surface area contributed by atoms with E-state index in [1.165, 1.54) is 28.6 Å². The van der Waals surface area contributed by atoms with E-state index in [1.807, 2.05) is 6.92 Å². The lowest BCUT2D eigenvalue weighted by molar-refractivity contribution is -0.154. The first-order valence-corrected chi connectivity index (χ1v) is 11.5. The number of aromatic amines is 1. The maximum atomic E-state index is 12.5. The molecule has 0 aromatic carbocycles. The molecule has 2 aromatic heterocycles. The highest BCUT2D eigenvalue weighted by Crippen LogP contribution is 2.33. The van der Waals surface area contributed by atoms with Crippen LogP contribution in [0, 0.1) is 0 Å². The summed E-state index contributed by atoms with van der Waals surface area (Å²) in [6.45, 7) is 3.87. The van der Waals surface area contributed by atoms with E-state index in [9.17, 15) is 14.4 Å². The van der Waals surface area contributed by atoms with Crippen molar-refractivity contribution in [3.05, 3.63) is 26.6 Å². The zero-order valence-corrected chi connectivity index (χ0v) is 17.8. The van der Waals surface area contributed by atoms with Gasteiger partial charge in [-0.15, -0.1) is 11.3 Å². The summed E-state index contributed by atoms with van der Waals surface area (Å²) in [7, 11) is 0. The molecule has 7 nitrogen and oxygen atoms in total. The Hall–Kier alpha value is -1.87. The van der Waals surface area contributed by atoms with Crippen LogP contribution in [0.15, 0.2) is 4.79 Å². The smallest absolute Gasteiger partial charge is 0.307 e. The molecule has 9 heteroatoms. The minimum atomic E-state index is -0.789. The van der Waals surface area contributed by atoms with E-state index in [1.54, 1.807) is 18.3 Å². The van der Waals surface area contributed by atoms with E-state index in [-0.39, 0.29) is 17.9 Å². The number of nitrogens with zero attached hydrogens (tertiary/aromatic N) is 1. The lowest BCUT2D eigenvalue weighted by Gasteiger charge is -2.12. The van der Waals surface area contributed by atoms with Crippen LogP contribution in [0.1, 0.15) is 49.4 Å². The number of fused-ring (bicyclic) bond motifs is 3. The average molecular weight is 424 g/mol. The Bertz CT molecular complexity index is 922. The molecule has 1 amide bonds. The Balaban J connectivity index is 1.51. The number of carbonyl (C=O) groups excluding carboxylic acids is 2. The van der Waals surface area contributed by atoms with Crippen molar-refractivity contribution >= 4 is 45.2 Å². The number of hydrogen-bond acceptors (Lipinski definition) is 7.